The quantitative estimate of drug-likeness (QED) is 0.706. The molecule has 2 aliphatic rings. The number of nitrogens with one attached hydrogen (secondary N) is 1. The van der Waals surface area contributed by atoms with Gasteiger partial charge in [0.05, 0.1) is 5.56 Å². The molecule has 2 unspecified atom stereocenters. The lowest BCUT2D eigenvalue weighted by atomic mass is 9.95. The van der Waals surface area contributed by atoms with E-state index in [1.54, 1.807) is 11.3 Å². The number of carbonyl (C=O) groups is 2. The number of halogens is 3. The van der Waals surface area contributed by atoms with E-state index in [9.17, 15) is 22.8 Å². The molecule has 2 fully saturated rings. The van der Waals surface area contributed by atoms with Crippen molar-refractivity contribution in [2.24, 2.45) is 11.8 Å². The number of piperidine rings is 1. The second-order valence-corrected chi connectivity index (χ2v) is 9.32. The summed E-state index contributed by atoms with van der Waals surface area (Å²) in [4.78, 5) is 28.2. The van der Waals surface area contributed by atoms with Gasteiger partial charge >= 0.3 is 6.18 Å². The molecule has 0 bridgehead atoms. The second kappa shape index (κ2) is 9.02. The minimum Gasteiger partial charge on any atom is -0.355 e. The van der Waals surface area contributed by atoms with Crippen LogP contribution in [-0.2, 0) is 22.2 Å². The van der Waals surface area contributed by atoms with Crippen LogP contribution in [-0.4, -0.2) is 36.3 Å². The Morgan fingerprint density at radius 2 is 1.81 bits per heavy atom. The Balaban J connectivity index is 1.21. The second-order valence-electron chi connectivity index (χ2n) is 8.29. The van der Waals surface area contributed by atoms with E-state index in [0.717, 1.165) is 24.1 Å². The third kappa shape index (κ3) is 5.29. The first-order chi connectivity index (χ1) is 14.8. The van der Waals surface area contributed by atoms with Gasteiger partial charge in [-0.25, -0.2) is 0 Å². The summed E-state index contributed by atoms with van der Waals surface area (Å²) in [5, 5.41) is 5.02. The Morgan fingerprint density at radius 1 is 1.10 bits per heavy atom. The molecule has 1 saturated heterocycles. The van der Waals surface area contributed by atoms with Crippen LogP contribution in [0, 0.1) is 11.8 Å². The molecule has 2 amide bonds. The SMILES string of the molecule is O=C(NCCc1cccs1)C1CCN(C(=O)C2CC2c2ccc(C(F)(F)F)cc2)CC1. The van der Waals surface area contributed by atoms with Crippen molar-refractivity contribution in [1.29, 1.82) is 0 Å². The molecule has 8 heteroatoms. The van der Waals surface area contributed by atoms with Crippen LogP contribution in [0.2, 0.25) is 0 Å². The van der Waals surface area contributed by atoms with Gasteiger partial charge < -0.3 is 10.2 Å². The highest BCUT2D eigenvalue weighted by Gasteiger charge is 2.46. The van der Waals surface area contributed by atoms with Gasteiger partial charge in [0.15, 0.2) is 0 Å². The molecule has 2 heterocycles. The fourth-order valence-electron chi connectivity index (χ4n) is 4.26. The first-order valence-corrected chi connectivity index (χ1v) is 11.5. The van der Waals surface area contributed by atoms with Crippen LogP contribution in [0.5, 0.6) is 0 Å². The normalized spacial score (nSPS) is 21.7. The Labute approximate surface area is 183 Å². The van der Waals surface area contributed by atoms with Gasteiger partial charge in [-0.2, -0.15) is 13.2 Å². The van der Waals surface area contributed by atoms with Crippen molar-refractivity contribution in [2.45, 2.75) is 37.8 Å². The maximum atomic E-state index is 12.8. The molecule has 1 aliphatic heterocycles. The van der Waals surface area contributed by atoms with Gasteiger partial charge in [-0.3, -0.25) is 9.59 Å². The Kier molecular flexibility index (Phi) is 6.36. The summed E-state index contributed by atoms with van der Waals surface area (Å²) in [5.41, 5.74) is 0.113. The highest BCUT2D eigenvalue weighted by atomic mass is 32.1. The van der Waals surface area contributed by atoms with Crippen molar-refractivity contribution < 1.29 is 22.8 Å². The minimum absolute atomic E-state index is 0.00643. The summed E-state index contributed by atoms with van der Waals surface area (Å²) in [5.74, 6) is -0.127. The van der Waals surface area contributed by atoms with E-state index in [0.29, 0.717) is 38.9 Å². The molecular weight excluding hydrogens is 425 g/mol. The van der Waals surface area contributed by atoms with Crippen molar-refractivity contribution in [3.63, 3.8) is 0 Å². The highest BCUT2D eigenvalue weighted by molar-refractivity contribution is 7.09. The lowest BCUT2D eigenvalue weighted by Gasteiger charge is -2.31. The third-order valence-electron chi connectivity index (χ3n) is 6.20. The largest absolute Gasteiger partial charge is 0.416 e. The van der Waals surface area contributed by atoms with Gasteiger partial charge in [0.1, 0.15) is 0 Å². The zero-order valence-electron chi connectivity index (χ0n) is 17.0. The maximum Gasteiger partial charge on any atom is 0.416 e. The van der Waals surface area contributed by atoms with Crippen LogP contribution in [0.25, 0.3) is 0 Å². The number of alkyl halides is 3. The fraction of sp³-hybridized carbons (Fsp3) is 0.478. The van der Waals surface area contributed by atoms with Gasteiger partial charge in [-0.1, -0.05) is 18.2 Å². The average molecular weight is 451 g/mol. The minimum atomic E-state index is -4.35. The molecule has 1 aromatic heterocycles. The zero-order valence-corrected chi connectivity index (χ0v) is 17.8. The van der Waals surface area contributed by atoms with E-state index >= 15 is 0 Å². The molecule has 4 nitrogen and oxygen atoms in total. The Hall–Kier alpha value is -2.35. The zero-order chi connectivity index (χ0) is 22.0. The standard InChI is InChI=1S/C23H25F3N2O2S/c24-23(25,26)17-5-3-15(4-6-17)19-14-20(19)22(30)28-11-8-16(9-12-28)21(29)27-10-7-18-2-1-13-31-18/h1-6,13,16,19-20H,7-12,14H2,(H,27,29). The van der Waals surface area contributed by atoms with Crippen molar-refractivity contribution in [2.75, 3.05) is 19.6 Å². The first kappa shape index (κ1) is 21.9. The molecule has 1 saturated carbocycles. The van der Waals surface area contributed by atoms with E-state index in [1.165, 1.54) is 17.0 Å². The van der Waals surface area contributed by atoms with Gasteiger partial charge in [0.25, 0.3) is 0 Å². The number of amides is 2. The molecule has 1 aromatic carbocycles. The molecule has 31 heavy (non-hydrogen) atoms. The number of nitrogens with zero attached hydrogens (tertiary/aromatic N) is 1. The lowest BCUT2D eigenvalue weighted by molar-refractivity contribution is -0.137. The predicted octanol–water partition coefficient (Wildman–Crippen LogP) is 4.47. The molecule has 1 aliphatic carbocycles. The lowest BCUT2D eigenvalue weighted by Crippen LogP contribution is -2.44. The fourth-order valence-corrected chi connectivity index (χ4v) is 4.97. The first-order valence-electron chi connectivity index (χ1n) is 10.6. The van der Waals surface area contributed by atoms with Gasteiger partial charge in [-0.15, -0.1) is 11.3 Å². The number of thiophene rings is 1. The number of carbonyl (C=O) groups excluding carboxylic acids is 2. The molecule has 0 spiro atoms. The number of rotatable bonds is 6. The van der Waals surface area contributed by atoms with E-state index < -0.39 is 11.7 Å². The van der Waals surface area contributed by atoms with Gasteiger partial charge in [0, 0.05) is 36.3 Å². The number of hydrogen-bond donors (Lipinski definition) is 1. The third-order valence-corrected chi connectivity index (χ3v) is 7.14. The smallest absolute Gasteiger partial charge is 0.355 e. The number of likely N-dealkylation sites (tertiary alicyclic amines) is 1. The molecule has 0 radical (unpaired) electrons. The molecule has 2 aromatic rings. The van der Waals surface area contributed by atoms with Gasteiger partial charge in [0.2, 0.25) is 11.8 Å². The molecular formula is C23H25F3N2O2S. The Bertz CT molecular complexity index is 904. The van der Waals surface area contributed by atoms with Crippen LogP contribution >= 0.6 is 11.3 Å². The Morgan fingerprint density at radius 3 is 2.42 bits per heavy atom. The summed E-state index contributed by atoms with van der Waals surface area (Å²) < 4.78 is 38.1. The van der Waals surface area contributed by atoms with Crippen LogP contribution in [0.1, 0.15) is 41.2 Å². The number of benzene rings is 1. The van der Waals surface area contributed by atoms with Crippen molar-refractivity contribution in [3.05, 3.63) is 57.8 Å². The molecule has 2 atom stereocenters. The molecule has 1 N–H and O–H groups in total. The van der Waals surface area contributed by atoms with E-state index in [-0.39, 0.29) is 29.6 Å². The molecule has 4 rings (SSSR count). The average Bonchev–Trinajstić information content (AvgIpc) is 3.40. The summed E-state index contributed by atoms with van der Waals surface area (Å²) in [7, 11) is 0. The summed E-state index contributed by atoms with van der Waals surface area (Å²) >= 11 is 1.68. The van der Waals surface area contributed by atoms with E-state index in [4.69, 9.17) is 0 Å². The highest BCUT2D eigenvalue weighted by Crippen LogP contribution is 2.49. The molecule has 166 valence electrons. The van der Waals surface area contributed by atoms with Crippen LogP contribution in [0.4, 0.5) is 13.2 Å². The predicted molar refractivity (Wildman–Crippen MR) is 113 cm³/mol. The summed E-state index contributed by atoms with van der Waals surface area (Å²) in [6.45, 7) is 1.73. The van der Waals surface area contributed by atoms with Crippen molar-refractivity contribution in [1.82, 2.24) is 10.2 Å². The topological polar surface area (TPSA) is 49.4 Å². The van der Waals surface area contributed by atoms with Crippen LogP contribution < -0.4 is 5.32 Å². The van der Waals surface area contributed by atoms with Crippen molar-refractivity contribution in [3.8, 4) is 0 Å². The maximum absolute atomic E-state index is 12.8. The summed E-state index contributed by atoms with van der Waals surface area (Å²) in [6, 6.07) is 9.17. The monoisotopic (exact) mass is 450 g/mol. The van der Waals surface area contributed by atoms with E-state index in [1.807, 2.05) is 16.3 Å². The van der Waals surface area contributed by atoms with Gasteiger partial charge in [-0.05, 0) is 60.7 Å². The van der Waals surface area contributed by atoms with Crippen molar-refractivity contribution >= 4 is 23.2 Å². The van der Waals surface area contributed by atoms with Crippen LogP contribution in [0.15, 0.2) is 41.8 Å². The number of hydrogen-bond acceptors (Lipinski definition) is 3. The van der Waals surface area contributed by atoms with E-state index in [2.05, 4.69) is 11.4 Å². The van der Waals surface area contributed by atoms with Crippen LogP contribution in [0.3, 0.4) is 0 Å². The summed E-state index contributed by atoms with van der Waals surface area (Å²) in [6.07, 6.45) is -1.55.